The Hall–Kier alpha value is -1.09. The van der Waals surface area contributed by atoms with Gasteiger partial charge in [0.25, 0.3) is 0 Å². The van der Waals surface area contributed by atoms with Crippen LogP contribution in [-0.2, 0) is 0 Å². The zero-order valence-corrected chi connectivity index (χ0v) is 9.78. The van der Waals surface area contributed by atoms with Gasteiger partial charge in [0, 0.05) is 0 Å². The van der Waals surface area contributed by atoms with Gasteiger partial charge >= 0.3 is 0 Å². The van der Waals surface area contributed by atoms with E-state index in [1.54, 1.807) is 12.5 Å². The van der Waals surface area contributed by atoms with E-state index >= 15 is 0 Å². The molecule has 0 spiro atoms. The van der Waals surface area contributed by atoms with Gasteiger partial charge in [-0.15, -0.1) is 0 Å². The maximum atomic E-state index is 5.44. The molecule has 1 aliphatic heterocycles. The minimum absolute atomic E-state index is 0.250. The van der Waals surface area contributed by atoms with Gasteiger partial charge in [0.05, 0.1) is 12.5 Å². The lowest BCUT2D eigenvalue weighted by molar-refractivity contribution is 0.432. The summed E-state index contributed by atoms with van der Waals surface area (Å²) in [5, 5.41) is 0. The van der Waals surface area contributed by atoms with Crippen LogP contribution in [-0.4, -0.2) is 6.66 Å². The molecule has 4 nitrogen and oxygen atoms in total. The molecule has 0 unspecified atom stereocenters. The Morgan fingerprint density at radius 3 is 1.88 bits per heavy atom. The van der Waals surface area contributed by atoms with Crippen LogP contribution in [0.3, 0.4) is 0 Å². The second kappa shape index (κ2) is 4.06. The first-order chi connectivity index (χ1) is 7.86. The molecule has 1 saturated heterocycles. The Morgan fingerprint density at radius 1 is 1.00 bits per heavy atom. The normalized spacial score (nSPS) is 26.3. The second-order valence-electron chi connectivity index (χ2n) is 3.79. The van der Waals surface area contributed by atoms with Gasteiger partial charge in [-0.2, -0.15) is 0 Å². The molecule has 1 fully saturated rings. The summed E-state index contributed by atoms with van der Waals surface area (Å²) in [6, 6.07) is 7.84. The summed E-state index contributed by atoms with van der Waals surface area (Å²) in [7, 11) is -0.303. The summed E-state index contributed by atoms with van der Waals surface area (Å²) in [6.45, 7) is 2.24. The Morgan fingerprint density at radius 2 is 1.50 bits per heavy atom. The van der Waals surface area contributed by atoms with E-state index < -0.39 is 0 Å². The molecule has 1 aliphatic rings. The molecule has 0 radical (unpaired) electrons. The first-order valence-corrected chi connectivity index (χ1v) is 7.09. The highest BCUT2D eigenvalue weighted by atomic mass is 31.1. The third-order valence-electron chi connectivity index (χ3n) is 2.80. The molecule has 2 aromatic rings. The molecule has 2 aromatic heterocycles. The van der Waals surface area contributed by atoms with E-state index in [-0.39, 0.29) is 19.5 Å². The van der Waals surface area contributed by atoms with Crippen LogP contribution in [0.4, 0.5) is 0 Å². The molecule has 0 amide bonds. The molecule has 84 valence electrons. The number of rotatable bonds is 2. The van der Waals surface area contributed by atoms with Crippen molar-refractivity contribution in [1.29, 1.82) is 0 Å². The van der Waals surface area contributed by atoms with E-state index in [1.807, 2.05) is 24.3 Å². The number of hydrogen-bond donors (Lipinski definition) is 2. The predicted octanol–water partition coefficient (Wildman–Crippen LogP) is 2.79. The second-order valence-corrected chi connectivity index (χ2v) is 6.15. The SMILES string of the molecule is CP1[C@@H](c2ccco2)NN[C@@H]1c1ccco1. The molecular formula is C11H13N2O2P. The topological polar surface area (TPSA) is 50.3 Å². The van der Waals surface area contributed by atoms with Gasteiger partial charge in [-0.05, 0) is 30.9 Å². The van der Waals surface area contributed by atoms with Crippen molar-refractivity contribution < 1.29 is 8.83 Å². The van der Waals surface area contributed by atoms with Crippen molar-refractivity contribution in [2.45, 2.75) is 11.6 Å². The Balaban J connectivity index is 1.83. The first kappa shape index (κ1) is 10.1. The van der Waals surface area contributed by atoms with E-state index in [0.717, 1.165) is 11.5 Å². The number of nitrogens with one attached hydrogen (secondary N) is 2. The molecule has 16 heavy (non-hydrogen) atoms. The minimum Gasteiger partial charge on any atom is -0.467 e. The van der Waals surface area contributed by atoms with Crippen molar-refractivity contribution in [1.82, 2.24) is 10.9 Å². The van der Waals surface area contributed by atoms with Crippen molar-refractivity contribution in [3.05, 3.63) is 48.3 Å². The quantitative estimate of drug-likeness (QED) is 0.787. The van der Waals surface area contributed by atoms with E-state index in [9.17, 15) is 0 Å². The summed E-state index contributed by atoms with van der Waals surface area (Å²) < 4.78 is 10.9. The molecule has 0 aliphatic carbocycles. The lowest BCUT2D eigenvalue weighted by atomic mass is 10.4. The summed E-state index contributed by atoms with van der Waals surface area (Å²) in [4.78, 5) is 0. The van der Waals surface area contributed by atoms with Gasteiger partial charge in [0.2, 0.25) is 0 Å². The van der Waals surface area contributed by atoms with Crippen molar-refractivity contribution in [2.75, 3.05) is 6.66 Å². The average Bonchev–Trinajstić information content (AvgIpc) is 2.96. The van der Waals surface area contributed by atoms with Gasteiger partial charge < -0.3 is 8.83 Å². The van der Waals surface area contributed by atoms with Crippen LogP contribution in [0.5, 0.6) is 0 Å². The van der Waals surface area contributed by atoms with E-state index in [1.165, 1.54) is 0 Å². The number of hydrogen-bond acceptors (Lipinski definition) is 4. The third kappa shape index (κ3) is 1.59. The Labute approximate surface area is 94.7 Å². The average molecular weight is 236 g/mol. The zero-order valence-electron chi connectivity index (χ0n) is 8.88. The molecule has 5 heteroatoms. The number of furan rings is 2. The first-order valence-electron chi connectivity index (χ1n) is 5.16. The highest BCUT2D eigenvalue weighted by Gasteiger charge is 2.36. The van der Waals surface area contributed by atoms with Crippen LogP contribution in [0.2, 0.25) is 0 Å². The highest BCUT2D eigenvalue weighted by Crippen LogP contribution is 2.59. The maximum absolute atomic E-state index is 5.44. The number of hydrazine groups is 1. The highest BCUT2D eigenvalue weighted by molar-refractivity contribution is 7.57. The minimum atomic E-state index is -0.303. The van der Waals surface area contributed by atoms with Crippen LogP contribution in [0.1, 0.15) is 23.1 Å². The zero-order chi connectivity index (χ0) is 11.0. The van der Waals surface area contributed by atoms with Crippen LogP contribution in [0.15, 0.2) is 45.6 Å². The van der Waals surface area contributed by atoms with Crippen LogP contribution in [0, 0.1) is 0 Å². The molecule has 0 bridgehead atoms. The van der Waals surface area contributed by atoms with Gasteiger partial charge in [0.15, 0.2) is 0 Å². The Bertz CT molecular complexity index is 398. The lowest BCUT2D eigenvalue weighted by Gasteiger charge is -2.15. The van der Waals surface area contributed by atoms with Crippen molar-refractivity contribution in [3.8, 4) is 0 Å². The summed E-state index contributed by atoms with van der Waals surface area (Å²) >= 11 is 0. The fraction of sp³-hybridized carbons (Fsp3) is 0.273. The van der Waals surface area contributed by atoms with Crippen molar-refractivity contribution >= 4 is 7.92 Å². The van der Waals surface area contributed by atoms with Crippen LogP contribution in [0.25, 0.3) is 0 Å². The van der Waals surface area contributed by atoms with Gasteiger partial charge in [0.1, 0.15) is 23.1 Å². The largest absolute Gasteiger partial charge is 0.467 e. The fourth-order valence-corrected chi connectivity index (χ4v) is 3.90. The standard InChI is InChI=1S/C11H13N2O2P/c1-16-10(8-4-2-6-14-8)12-13-11(16)9-5-3-7-15-9/h2-7,10-13H,1H3/t10-,11-/m0/s1. The van der Waals surface area contributed by atoms with Gasteiger partial charge in [-0.1, -0.05) is 7.92 Å². The summed E-state index contributed by atoms with van der Waals surface area (Å²) in [5.41, 5.74) is 6.54. The monoisotopic (exact) mass is 236 g/mol. The van der Waals surface area contributed by atoms with Crippen molar-refractivity contribution in [2.24, 2.45) is 0 Å². The third-order valence-corrected chi connectivity index (χ3v) is 5.19. The summed E-state index contributed by atoms with van der Waals surface area (Å²) in [6.07, 6.45) is 3.42. The van der Waals surface area contributed by atoms with Crippen molar-refractivity contribution in [3.63, 3.8) is 0 Å². The van der Waals surface area contributed by atoms with Gasteiger partial charge in [-0.3, -0.25) is 0 Å². The fourth-order valence-electron chi connectivity index (χ4n) is 1.95. The predicted molar refractivity (Wildman–Crippen MR) is 62.0 cm³/mol. The Kier molecular flexibility index (Phi) is 2.56. The van der Waals surface area contributed by atoms with Crippen LogP contribution >= 0.6 is 7.92 Å². The maximum Gasteiger partial charge on any atom is 0.126 e. The molecule has 3 heterocycles. The molecule has 2 N–H and O–H groups in total. The molecule has 0 aromatic carbocycles. The molecular weight excluding hydrogens is 223 g/mol. The van der Waals surface area contributed by atoms with Crippen LogP contribution < -0.4 is 10.9 Å². The molecule has 2 atom stereocenters. The van der Waals surface area contributed by atoms with E-state index in [4.69, 9.17) is 8.83 Å². The van der Waals surface area contributed by atoms with Gasteiger partial charge in [-0.25, -0.2) is 10.9 Å². The van der Waals surface area contributed by atoms with E-state index in [2.05, 4.69) is 17.5 Å². The summed E-state index contributed by atoms with van der Waals surface area (Å²) in [5.74, 6) is 2.46. The molecule has 0 saturated carbocycles. The van der Waals surface area contributed by atoms with E-state index in [0.29, 0.717) is 0 Å². The smallest absolute Gasteiger partial charge is 0.126 e. The molecule has 3 rings (SSSR count). The lowest BCUT2D eigenvalue weighted by Crippen LogP contribution is -2.26.